The van der Waals surface area contributed by atoms with E-state index < -0.39 is 7.71 Å². The molecule has 0 amide bonds. The first-order valence-electron chi connectivity index (χ1n) is 1.59. The summed E-state index contributed by atoms with van der Waals surface area (Å²) < 4.78 is 0. The highest BCUT2D eigenvalue weighted by atomic mass is 31.1. The van der Waals surface area contributed by atoms with Crippen LogP contribution in [0.1, 0.15) is 0 Å². The number of hydrogen-bond acceptors (Lipinski definition) is 3. The van der Waals surface area contributed by atoms with Crippen molar-refractivity contribution in [3.8, 4) is 0 Å². The fourth-order valence-electron chi connectivity index (χ4n) is 0.0500. The van der Waals surface area contributed by atoms with E-state index in [9.17, 15) is 0 Å². The van der Waals surface area contributed by atoms with Gasteiger partial charge in [-0.1, -0.05) is 0 Å². The molecule has 6 heavy (non-hydrogen) atoms. The average Bonchev–Trinajstić information content (AvgIpc) is 1.65. The first-order chi connectivity index (χ1) is 2.81. The lowest BCUT2D eigenvalue weighted by atomic mass is 11.7. The van der Waals surface area contributed by atoms with Crippen LogP contribution in [0.4, 0.5) is 0 Å². The molecule has 0 aromatic carbocycles. The van der Waals surface area contributed by atoms with Crippen LogP contribution >= 0.6 is 7.71 Å². The number of nitrogens with one attached hydrogen (secondary N) is 1. The van der Waals surface area contributed by atoms with Gasteiger partial charge < -0.3 is 15.4 Å². The highest BCUT2D eigenvalue weighted by Gasteiger charge is 1.81. The second-order valence-electron chi connectivity index (χ2n) is 0.920. The molecule has 0 aliphatic carbocycles. The Hall–Kier alpha value is 0.150. The molecule has 0 heterocycles. The fraction of sp³-hybridized carbons (Fsp3) is 1.00. The lowest BCUT2D eigenvalue weighted by Gasteiger charge is -1.88. The van der Waals surface area contributed by atoms with E-state index >= 15 is 0 Å². The van der Waals surface area contributed by atoms with Crippen LogP contribution in [0.3, 0.4) is 0 Å². The summed E-state index contributed by atoms with van der Waals surface area (Å²) in [5, 5.41) is 22.7. The van der Waals surface area contributed by atoms with Crippen LogP contribution in [0.25, 0.3) is 0 Å². The van der Waals surface area contributed by atoms with E-state index in [2.05, 4.69) is 0 Å². The van der Waals surface area contributed by atoms with Gasteiger partial charge in [-0.2, -0.15) is 0 Å². The summed E-state index contributed by atoms with van der Waals surface area (Å²) in [6, 6.07) is 0. The Morgan fingerprint density at radius 2 is 1.67 bits per heavy atom. The Bertz CT molecular complexity index is 49.5. The molecule has 4 heteroatoms. The van der Waals surface area contributed by atoms with Crippen molar-refractivity contribution in [1.29, 1.82) is 5.16 Å². The smallest absolute Gasteiger partial charge is 0.0769 e. The summed E-state index contributed by atoms with van der Waals surface area (Å²) in [6.45, 7) is 0. The van der Waals surface area contributed by atoms with Crippen molar-refractivity contribution in [2.75, 3.05) is 12.7 Å². The lowest BCUT2D eigenvalue weighted by molar-refractivity contribution is 0.345. The molecule has 0 saturated carbocycles. The molecule has 0 aliphatic rings. The molecule has 0 rings (SSSR count). The van der Waals surface area contributed by atoms with E-state index in [1.54, 1.807) is 0 Å². The van der Waals surface area contributed by atoms with Gasteiger partial charge in [0.1, 0.15) is 0 Å². The van der Waals surface area contributed by atoms with Gasteiger partial charge in [0, 0.05) is 7.71 Å². The summed E-state index contributed by atoms with van der Waals surface area (Å²) in [7, 11) is -1.51. The van der Waals surface area contributed by atoms with Crippen molar-refractivity contribution < 1.29 is 10.2 Å². The van der Waals surface area contributed by atoms with Gasteiger partial charge >= 0.3 is 0 Å². The second kappa shape index (κ2) is 3.34. The van der Waals surface area contributed by atoms with E-state index in [4.69, 9.17) is 15.4 Å². The van der Waals surface area contributed by atoms with E-state index in [1.807, 2.05) is 0 Å². The van der Waals surface area contributed by atoms with Crippen LogP contribution < -0.4 is 0 Å². The van der Waals surface area contributed by atoms with Gasteiger partial charge in [-0.3, -0.25) is 0 Å². The molecule has 0 aromatic heterocycles. The highest BCUT2D eigenvalue weighted by Crippen LogP contribution is 2.14. The molecule has 0 spiro atoms. The molecular formula is C2H8NO2P. The highest BCUT2D eigenvalue weighted by molar-refractivity contribution is 7.45. The molecule has 0 atom stereocenters. The lowest BCUT2D eigenvalue weighted by Crippen LogP contribution is -1.75. The maximum absolute atomic E-state index is 8.03. The number of hydrogen-bond donors (Lipinski definition) is 3. The van der Waals surface area contributed by atoms with Gasteiger partial charge in [-0.15, -0.1) is 0 Å². The third-order valence-electron chi connectivity index (χ3n) is 0.382. The van der Waals surface area contributed by atoms with Crippen LogP contribution in [-0.4, -0.2) is 22.9 Å². The van der Waals surface area contributed by atoms with Crippen LogP contribution in [0.2, 0.25) is 0 Å². The van der Waals surface area contributed by atoms with E-state index in [0.29, 0.717) is 0 Å². The van der Waals surface area contributed by atoms with Crippen LogP contribution in [0, 0.1) is 5.16 Å². The molecule has 3 N–H and O–H groups in total. The van der Waals surface area contributed by atoms with Gasteiger partial charge in [0.05, 0.1) is 12.7 Å². The summed E-state index contributed by atoms with van der Waals surface area (Å²) in [5.74, 6) is 0. The van der Waals surface area contributed by atoms with E-state index in [-0.39, 0.29) is 12.7 Å². The van der Waals surface area contributed by atoms with Crippen molar-refractivity contribution in [3.63, 3.8) is 0 Å². The van der Waals surface area contributed by atoms with Gasteiger partial charge in [0.15, 0.2) is 0 Å². The van der Waals surface area contributed by atoms with Gasteiger partial charge in [0.2, 0.25) is 0 Å². The summed E-state index contributed by atoms with van der Waals surface area (Å²) >= 11 is 0. The third-order valence-corrected chi connectivity index (χ3v) is 1.15. The monoisotopic (exact) mass is 109 g/mol. The topological polar surface area (TPSA) is 64.3 Å². The molecule has 38 valence electrons. The second-order valence-corrected chi connectivity index (χ2v) is 2.76. The first kappa shape index (κ1) is 6.15. The summed E-state index contributed by atoms with van der Waals surface area (Å²) in [4.78, 5) is 0. The molecule has 0 aromatic rings. The zero-order valence-electron chi connectivity index (χ0n) is 3.31. The van der Waals surface area contributed by atoms with Crippen LogP contribution in [0.15, 0.2) is 0 Å². The summed E-state index contributed by atoms with van der Waals surface area (Å²) in [5.41, 5.74) is 0. The number of rotatable bonds is 2. The molecular weight excluding hydrogens is 101 g/mol. The predicted molar refractivity (Wildman–Crippen MR) is 25.2 cm³/mol. The molecule has 3 nitrogen and oxygen atoms in total. The zero-order chi connectivity index (χ0) is 4.99. The number of aliphatic hydroxyl groups is 2. The standard InChI is InChI=1S/C2H8NO2P/c3-6(1-4)2-5/h3-6H,1-2H2. The molecule has 0 bridgehead atoms. The van der Waals surface area contributed by atoms with Crippen molar-refractivity contribution in [3.05, 3.63) is 0 Å². The molecule has 0 saturated heterocycles. The average molecular weight is 109 g/mol. The van der Waals surface area contributed by atoms with Crippen molar-refractivity contribution in [2.24, 2.45) is 0 Å². The first-order valence-corrected chi connectivity index (χ1v) is 3.50. The Kier molecular flexibility index (Phi) is 3.43. The SMILES string of the molecule is N=[PH](CO)CO. The van der Waals surface area contributed by atoms with Crippen molar-refractivity contribution >= 4 is 7.71 Å². The normalized spacial score (nSPS) is 9.83. The molecule has 0 unspecified atom stereocenters. The Morgan fingerprint density at radius 3 is 1.67 bits per heavy atom. The van der Waals surface area contributed by atoms with Crippen molar-refractivity contribution in [2.45, 2.75) is 0 Å². The van der Waals surface area contributed by atoms with Gasteiger partial charge in [0.25, 0.3) is 0 Å². The molecule has 0 aliphatic heterocycles. The maximum Gasteiger partial charge on any atom is 0.0769 e. The largest absolute Gasteiger partial charge is 0.391 e. The van der Waals surface area contributed by atoms with Crippen LogP contribution in [0.5, 0.6) is 0 Å². The Morgan fingerprint density at radius 1 is 1.33 bits per heavy atom. The van der Waals surface area contributed by atoms with Crippen LogP contribution in [-0.2, 0) is 0 Å². The van der Waals surface area contributed by atoms with Crippen molar-refractivity contribution in [1.82, 2.24) is 0 Å². The Balaban J connectivity index is 2.99. The van der Waals surface area contributed by atoms with Gasteiger partial charge in [-0.25, -0.2) is 0 Å². The minimum atomic E-state index is -1.51. The van der Waals surface area contributed by atoms with E-state index in [0.717, 1.165) is 0 Å². The predicted octanol–water partition coefficient (Wildman–Crippen LogP) is -0.137. The molecule has 0 radical (unpaired) electrons. The quantitative estimate of drug-likeness (QED) is 0.432. The zero-order valence-corrected chi connectivity index (χ0v) is 4.31. The van der Waals surface area contributed by atoms with Gasteiger partial charge in [-0.05, 0) is 0 Å². The van der Waals surface area contributed by atoms with E-state index in [1.165, 1.54) is 0 Å². The molecule has 0 fully saturated rings. The number of aliphatic hydroxyl groups excluding tert-OH is 2. The Labute approximate surface area is 36.9 Å². The fourth-order valence-corrected chi connectivity index (χ4v) is 0.150. The third kappa shape index (κ3) is 2.39. The summed E-state index contributed by atoms with van der Waals surface area (Å²) in [6.07, 6.45) is -0.303. The minimum absolute atomic E-state index is 0.152. The maximum atomic E-state index is 8.03. The minimum Gasteiger partial charge on any atom is -0.391 e.